The van der Waals surface area contributed by atoms with Crippen LogP contribution in [0.5, 0.6) is 0 Å². The normalized spacial score (nSPS) is 10.8. The number of anilines is 1. The number of benzene rings is 2. The number of amides is 2. The first-order valence-electron chi connectivity index (χ1n) is 8.53. The molecule has 0 aliphatic heterocycles. The van der Waals surface area contributed by atoms with Gasteiger partial charge in [0.1, 0.15) is 4.88 Å². The van der Waals surface area contributed by atoms with Crippen molar-refractivity contribution in [1.29, 1.82) is 0 Å². The molecule has 27 heavy (non-hydrogen) atoms. The van der Waals surface area contributed by atoms with Crippen LogP contribution in [0.15, 0.2) is 42.5 Å². The highest BCUT2D eigenvalue weighted by molar-refractivity contribution is 7.21. The Bertz CT molecular complexity index is 1010. The van der Waals surface area contributed by atoms with Crippen LogP contribution in [0.3, 0.4) is 0 Å². The van der Waals surface area contributed by atoms with Gasteiger partial charge in [-0.05, 0) is 38.1 Å². The molecule has 0 radical (unpaired) electrons. The Morgan fingerprint density at radius 1 is 1.07 bits per heavy atom. The summed E-state index contributed by atoms with van der Waals surface area (Å²) in [6.45, 7) is 5.04. The highest BCUT2D eigenvalue weighted by Crippen LogP contribution is 2.35. The zero-order valence-electron chi connectivity index (χ0n) is 14.9. The Morgan fingerprint density at radius 2 is 1.78 bits per heavy atom. The quantitative estimate of drug-likeness (QED) is 0.554. The molecule has 0 fully saturated rings. The van der Waals surface area contributed by atoms with E-state index in [0.717, 1.165) is 10.1 Å². The van der Waals surface area contributed by atoms with E-state index in [-0.39, 0.29) is 11.8 Å². The van der Waals surface area contributed by atoms with E-state index >= 15 is 0 Å². The van der Waals surface area contributed by atoms with E-state index in [1.807, 2.05) is 38.1 Å². The molecule has 7 heteroatoms. The number of fused-ring (bicyclic) bond motifs is 1. The molecule has 1 aromatic heterocycles. The van der Waals surface area contributed by atoms with Gasteiger partial charge in [0.15, 0.2) is 0 Å². The van der Waals surface area contributed by atoms with Crippen LogP contribution < -0.4 is 5.32 Å². The predicted molar refractivity (Wildman–Crippen MR) is 113 cm³/mol. The maximum absolute atomic E-state index is 12.6. The van der Waals surface area contributed by atoms with Crippen molar-refractivity contribution in [2.75, 3.05) is 18.4 Å². The number of hydrogen-bond acceptors (Lipinski definition) is 3. The van der Waals surface area contributed by atoms with Gasteiger partial charge in [-0.25, -0.2) is 0 Å². The van der Waals surface area contributed by atoms with E-state index in [4.69, 9.17) is 23.2 Å². The molecule has 0 unspecified atom stereocenters. The second kappa shape index (κ2) is 8.30. The summed E-state index contributed by atoms with van der Waals surface area (Å²) in [6.07, 6.45) is 0. The molecular formula is C20H18Cl2N2O2S. The summed E-state index contributed by atoms with van der Waals surface area (Å²) >= 11 is 14.0. The summed E-state index contributed by atoms with van der Waals surface area (Å²) < 4.78 is 0.950. The number of carbonyl (C=O) groups is 2. The first-order chi connectivity index (χ1) is 13.0. The minimum atomic E-state index is -0.305. The summed E-state index contributed by atoms with van der Waals surface area (Å²) in [5, 5.41) is 4.39. The molecule has 0 atom stereocenters. The van der Waals surface area contributed by atoms with Crippen molar-refractivity contribution in [1.82, 2.24) is 4.90 Å². The van der Waals surface area contributed by atoms with Gasteiger partial charge in [0.05, 0.1) is 15.6 Å². The smallest absolute Gasteiger partial charge is 0.267 e. The van der Waals surface area contributed by atoms with Crippen LogP contribution in [0.2, 0.25) is 10.0 Å². The molecule has 0 bridgehead atoms. The number of halogens is 2. The lowest BCUT2D eigenvalue weighted by Gasteiger charge is -2.19. The highest BCUT2D eigenvalue weighted by Gasteiger charge is 2.19. The van der Waals surface area contributed by atoms with Crippen molar-refractivity contribution in [3.05, 3.63) is 63.0 Å². The third kappa shape index (κ3) is 3.95. The second-order valence-corrected chi connectivity index (χ2v) is 7.70. The van der Waals surface area contributed by atoms with E-state index < -0.39 is 0 Å². The Hall–Kier alpha value is -2.08. The van der Waals surface area contributed by atoms with E-state index in [0.29, 0.717) is 39.3 Å². The molecule has 4 nitrogen and oxygen atoms in total. The van der Waals surface area contributed by atoms with Crippen molar-refractivity contribution in [3.8, 4) is 0 Å². The Balaban J connectivity index is 1.83. The van der Waals surface area contributed by atoms with E-state index in [2.05, 4.69) is 5.32 Å². The molecule has 3 aromatic rings. The largest absolute Gasteiger partial charge is 0.339 e. The van der Waals surface area contributed by atoms with Gasteiger partial charge < -0.3 is 10.2 Å². The van der Waals surface area contributed by atoms with Crippen molar-refractivity contribution in [2.24, 2.45) is 0 Å². The zero-order valence-corrected chi connectivity index (χ0v) is 17.2. The van der Waals surface area contributed by atoms with E-state index in [1.165, 1.54) is 11.3 Å². The molecule has 0 saturated heterocycles. The first-order valence-corrected chi connectivity index (χ1v) is 10.1. The lowest BCUT2D eigenvalue weighted by Crippen LogP contribution is -2.30. The van der Waals surface area contributed by atoms with Crippen molar-refractivity contribution >= 4 is 62.1 Å². The van der Waals surface area contributed by atoms with Gasteiger partial charge in [0, 0.05) is 28.9 Å². The van der Waals surface area contributed by atoms with Crippen LogP contribution in [0.1, 0.15) is 33.9 Å². The lowest BCUT2D eigenvalue weighted by molar-refractivity contribution is 0.0773. The zero-order chi connectivity index (χ0) is 19.6. The summed E-state index contributed by atoms with van der Waals surface area (Å²) in [4.78, 5) is 27.2. The average molecular weight is 421 g/mol. The van der Waals surface area contributed by atoms with Gasteiger partial charge in [0.2, 0.25) is 0 Å². The summed E-state index contributed by atoms with van der Waals surface area (Å²) in [5.41, 5.74) is 0.924. The Labute approximate surface area is 171 Å². The van der Waals surface area contributed by atoms with E-state index in [1.54, 1.807) is 23.1 Å². The number of nitrogens with zero attached hydrogens (tertiary/aromatic N) is 1. The molecular weight excluding hydrogens is 403 g/mol. The summed E-state index contributed by atoms with van der Waals surface area (Å²) in [6, 6.07) is 12.5. The SMILES string of the molecule is CCN(CC)C(=O)c1ccc(NC(=O)c2sc3ccccc3c2Cl)cc1Cl. The predicted octanol–water partition coefficient (Wildman–Crippen LogP) is 5.94. The monoisotopic (exact) mass is 420 g/mol. The minimum absolute atomic E-state index is 0.129. The molecule has 3 rings (SSSR count). The molecule has 1 N–H and O–H groups in total. The molecule has 0 spiro atoms. The van der Waals surface area contributed by atoms with Crippen molar-refractivity contribution in [2.45, 2.75) is 13.8 Å². The van der Waals surface area contributed by atoms with Crippen molar-refractivity contribution < 1.29 is 9.59 Å². The van der Waals surface area contributed by atoms with Crippen molar-refractivity contribution in [3.63, 3.8) is 0 Å². The highest BCUT2D eigenvalue weighted by atomic mass is 35.5. The second-order valence-electron chi connectivity index (χ2n) is 5.87. The van der Waals surface area contributed by atoms with Gasteiger partial charge in [-0.1, -0.05) is 41.4 Å². The third-order valence-corrected chi connectivity index (χ3v) is 6.24. The summed E-state index contributed by atoms with van der Waals surface area (Å²) in [7, 11) is 0. The van der Waals surface area contributed by atoms with Gasteiger partial charge in [0.25, 0.3) is 11.8 Å². The summed E-state index contributed by atoms with van der Waals surface area (Å²) in [5.74, 6) is -0.435. The Morgan fingerprint density at radius 3 is 2.41 bits per heavy atom. The van der Waals surface area contributed by atoms with Crippen LogP contribution in [0.25, 0.3) is 10.1 Å². The van der Waals surface area contributed by atoms with Crippen LogP contribution in [-0.2, 0) is 0 Å². The molecule has 0 saturated carbocycles. The van der Waals surface area contributed by atoms with Gasteiger partial charge in [-0.2, -0.15) is 0 Å². The molecule has 140 valence electrons. The molecule has 2 amide bonds. The van der Waals surface area contributed by atoms with Crippen LogP contribution in [0.4, 0.5) is 5.69 Å². The third-order valence-electron chi connectivity index (χ3n) is 4.25. The molecule has 2 aromatic carbocycles. The Kier molecular flexibility index (Phi) is 6.05. The lowest BCUT2D eigenvalue weighted by atomic mass is 10.1. The van der Waals surface area contributed by atoms with Crippen LogP contribution >= 0.6 is 34.5 Å². The fourth-order valence-electron chi connectivity index (χ4n) is 2.80. The molecule has 0 aliphatic rings. The fraction of sp³-hybridized carbons (Fsp3) is 0.200. The fourth-order valence-corrected chi connectivity index (χ4v) is 4.47. The number of rotatable bonds is 5. The first kappa shape index (κ1) is 19.7. The standard InChI is InChI=1S/C20H18Cl2N2O2S/c1-3-24(4-2)20(26)13-10-9-12(11-15(13)21)23-19(25)18-17(22)14-7-5-6-8-16(14)27-18/h5-11H,3-4H2,1-2H3,(H,23,25). The number of hydrogen-bond donors (Lipinski definition) is 1. The number of nitrogens with one attached hydrogen (secondary N) is 1. The average Bonchev–Trinajstić information content (AvgIpc) is 3.00. The van der Waals surface area contributed by atoms with E-state index in [9.17, 15) is 9.59 Å². The maximum Gasteiger partial charge on any atom is 0.267 e. The number of thiophene rings is 1. The maximum atomic E-state index is 12.6. The number of carbonyl (C=O) groups excluding carboxylic acids is 2. The molecule has 1 heterocycles. The van der Waals surface area contributed by atoms with Crippen LogP contribution in [0, 0.1) is 0 Å². The van der Waals surface area contributed by atoms with Crippen LogP contribution in [-0.4, -0.2) is 29.8 Å². The molecule has 0 aliphatic carbocycles. The minimum Gasteiger partial charge on any atom is -0.339 e. The topological polar surface area (TPSA) is 49.4 Å². The van der Waals surface area contributed by atoms with Gasteiger partial charge in [-0.3, -0.25) is 9.59 Å². The van der Waals surface area contributed by atoms with Gasteiger partial charge >= 0.3 is 0 Å². The van der Waals surface area contributed by atoms with Gasteiger partial charge in [-0.15, -0.1) is 11.3 Å².